The van der Waals surface area contributed by atoms with Gasteiger partial charge in [0.2, 0.25) is 0 Å². The van der Waals surface area contributed by atoms with Crippen LogP contribution in [0.4, 0.5) is 0 Å². The van der Waals surface area contributed by atoms with Gasteiger partial charge in [-0.15, -0.1) is 0 Å². The molecule has 0 spiro atoms. The smallest absolute Gasteiger partial charge is 0.0117 e. The van der Waals surface area contributed by atoms with Crippen molar-refractivity contribution in [3.8, 4) is 0 Å². The van der Waals surface area contributed by atoms with Crippen LogP contribution >= 0.6 is 0 Å². The summed E-state index contributed by atoms with van der Waals surface area (Å²) >= 11 is 0. The van der Waals surface area contributed by atoms with Gasteiger partial charge in [-0.25, -0.2) is 0 Å². The number of rotatable bonds is 14. The van der Waals surface area contributed by atoms with Gasteiger partial charge in [0.15, 0.2) is 0 Å². The molecule has 1 heterocycles. The Morgan fingerprint density at radius 2 is 1.50 bits per heavy atom. The molecule has 1 atom stereocenters. The number of unbranched alkanes of at least 4 members (excludes halogenated alkanes) is 6. The van der Waals surface area contributed by atoms with Gasteiger partial charge < -0.3 is 9.80 Å². The summed E-state index contributed by atoms with van der Waals surface area (Å²) in [7, 11) is 2.37. The molecule has 0 saturated carbocycles. The molecule has 0 aromatic carbocycles. The lowest BCUT2D eigenvalue weighted by atomic mass is 9.98. The van der Waals surface area contributed by atoms with Gasteiger partial charge in [0.1, 0.15) is 0 Å². The average molecular weight is 339 g/mol. The van der Waals surface area contributed by atoms with Crippen molar-refractivity contribution in [2.75, 3.05) is 33.2 Å². The van der Waals surface area contributed by atoms with E-state index in [1.54, 1.807) is 0 Å². The molecule has 0 aromatic heterocycles. The van der Waals surface area contributed by atoms with Crippen molar-refractivity contribution in [2.45, 2.75) is 104 Å². The molecule has 1 rings (SSSR count). The van der Waals surface area contributed by atoms with Gasteiger partial charge in [-0.05, 0) is 64.8 Å². The number of piperidine rings is 1. The summed E-state index contributed by atoms with van der Waals surface area (Å²) in [4.78, 5) is 5.37. The van der Waals surface area contributed by atoms with Crippen molar-refractivity contribution in [2.24, 2.45) is 5.92 Å². The van der Waals surface area contributed by atoms with Crippen LogP contribution in [0.25, 0.3) is 0 Å². The minimum Gasteiger partial charge on any atom is -0.303 e. The highest BCUT2D eigenvalue weighted by Gasteiger charge is 2.22. The van der Waals surface area contributed by atoms with Crippen LogP contribution in [-0.4, -0.2) is 49.1 Å². The highest BCUT2D eigenvalue weighted by molar-refractivity contribution is 4.78. The van der Waals surface area contributed by atoms with Crippen LogP contribution in [0.3, 0.4) is 0 Å². The normalized spacial score (nSPS) is 18.4. The first kappa shape index (κ1) is 22.0. The van der Waals surface area contributed by atoms with Gasteiger partial charge >= 0.3 is 0 Å². The molecule has 144 valence electrons. The molecular weight excluding hydrogens is 292 g/mol. The van der Waals surface area contributed by atoms with Crippen molar-refractivity contribution in [3.05, 3.63) is 0 Å². The molecule has 2 nitrogen and oxygen atoms in total. The zero-order valence-electron chi connectivity index (χ0n) is 17.4. The predicted molar refractivity (Wildman–Crippen MR) is 109 cm³/mol. The molecular formula is C22H46N2. The molecule has 1 aliphatic heterocycles. The Bertz CT molecular complexity index is 271. The summed E-state index contributed by atoms with van der Waals surface area (Å²) < 4.78 is 0. The molecule has 1 unspecified atom stereocenters. The molecule has 0 N–H and O–H groups in total. The molecule has 24 heavy (non-hydrogen) atoms. The largest absolute Gasteiger partial charge is 0.303 e. The molecule has 2 heteroatoms. The Balaban J connectivity index is 2.06. The van der Waals surface area contributed by atoms with E-state index in [4.69, 9.17) is 0 Å². The fraction of sp³-hybridized carbons (Fsp3) is 1.00. The lowest BCUT2D eigenvalue weighted by Gasteiger charge is -2.37. The second-order valence-corrected chi connectivity index (χ2v) is 8.36. The van der Waals surface area contributed by atoms with E-state index >= 15 is 0 Å². The predicted octanol–water partition coefficient (Wildman–Crippen LogP) is 5.96. The fourth-order valence-corrected chi connectivity index (χ4v) is 4.02. The first-order chi connectivity index (χ1) is 11.7. The van der Waals surface area contributed by atoms with E-state index in [0.29, 0.717) is 0 Å². The Labute approximate surface area is 153 Å². The van der Waals surface area contributed by atoms with Crippen molar-refractivity contribution >= 4 is 0 Å². The highest BCUT2D eigenvalue weighted by atomic mass is 15.2. The molecule has 1 saturated heterocycles. The van der Waals surface area contributed by atoms with Crippen molar-refractivity contribution < 1.29 is 0 Å². The van der Waals surface area contributed by atoms with Crippen molar-refractivity contribution in [3.63, 3.8) is 0 Å². The molecule has 0 amide bonds. The van der Waals surface area contributed by atoms with Crippen LogP contribution in [0.15, 0.2) is 0 Å². The number of hydrogen-bond acceptors (Lipinski definition) is 2. The van der Waals surface area contributed by atoms with Crippen LogP contribution in [0.5, 0.6) is 0 Å². The van der Waals surface area contributed by atoms with Crippen LogP contribution in [0.1, 0.15) is 97.8 Å². The first-order valence-electron chi connectivity index (χ1n) is 11.1. The summed E-state index contributed by atoms with van der Waals surface area (Å²) in [6.45, 7) is 12.4. The lowest BCUT2D eigenvalue weighted by molar-refractivity contribution is 0.122. The van der Waals surface area contributed by atoms with E-state index in [1.807, 2.05) is 0 Å². The van der Waals surface area contributed by atoms with E-state index in [9.17, 15) is 0 Å². The minimum atomic E-state index is 0.837. The highest BCUT2D eigenvalue weighted by Crippen LogP contribution is 2.19. The Hall–Kier alpha value is -0.0800. The number of nitrogens with zero attached hydrogens (tertiary/aromatic N) is 2. The van der Waals surface area contributed by atoms with Crippen molar-refractivity contribution in [1.29, 1.82) is 0 Å². The summed E-state index contributed by atoms with van der Waals surface area (Å²) in [5.41, 5.74) is 0. The third kappa shape index (κ3) is 10.0. The standard InChI is InChI=1S/C22H46N2/c1-5-7-9-11-13-21(3)14-18-23(4)22-15-19-24(20-16-22)17-12-10-8-6-2/h21-22H,5-20H2,1-4H3. The topological polar surface area (TPSA) is 6.48 Å². The van der Waals surface area contributed by atoms with Gasteiger partial charge in [0, 0.05) is 6.04 Å². The molecule has 0 radical (unpaired) electrons. The maximum Gasteiger partial charge on any atom is 0.0117 e. The second kappa shape index (κ2) is 14.1. The summed E-state index contributed by atoms with van der Waals surface area (Å²) in [6, 6.07) is 0.837. The summed E-state index contributed by atoms with van der Waals surface area (Å²) in [5, 5.41) is 0. The van der Waals surface area contributed by atoms with Crippen LogP contribution in [0, 0.1) is 5.92 Å². The van der Waals surface area contributed by atoms with E-state index in [0.717, 1.165) is 12.0 Å². The van der Waals surface area contributed by atoms with E-state index in [-0.39, 0.29) is 0 Å². The third-order valence-electron chi connectivity index (χ3n) is 6.03. The summed E-state index contributed by atoms with van der Waals surface area (Å²) in [6.07, 6.45) is 16.8. The Kier molecular flexibility index (Phi) is 12.9. The molecule has 0 aliphatic carbocycles. The van der Waals surface area contributed by atoms with E-state index in [2.05, 4.69) is 37.6 Å². The van der Waals surface area contributed by atoms with E-state index in [1.165, 1.54) is 103 Å². The van der Waals surface area contributed by atoms with E-state index < -0.39 is 0 Å². The van der Waals surface area contributed by atoms with Crippen LogP contribution in [0.2, 0.25) is 0 Å². The monoisotopic (exact) mass is 338 g/mol. The maximum absolute atomic E-state index is 2.70. The quantitative estimate of drug-likeness (QED) is 0.361. The van der Waals surface area contributed by atoms with Crippen molar-refractivity contribution in [1.82, 2.24) is 9.80 Å². The zero-order valence-corrected chi connectivity index (χ0v) is 17.4. The van der Waals surface area contributed by atoms with Crippen LogP contribution in [-0.2, 0) is 0 Å². The lowest BCUT2D eigenvalue weighted by Crippen LogP contribution is -2.44. The number of likely N-dealkylation sites (tertiary alicyclic amines) is 1. The van der Waals surface area contributed by atoms with Gasteiger partial charge in [-0.2, -0.15) is 0 Å². The second-order valence-electron chi connectivity index (χ2n) is 8.36. The fourth-order valence-electron chi connectivity index (χ4n) is 4.02. The molecule has 0 aromatic rings. The molecule has 1 aliphatic rings. The summed E-state index contributed by atoms with van der Waals surface area (Å²) in [5.74, 6) is 0.906. The zero-order chi connectivity index (χ0) is 17.6. The van der Waals surface area contributed by atoms with Gasteiger partial charge in [0.25, 0.3) is 0 Å². The Morgan fingerprint density at radius 3 is 2.12 bits per heavy atom. The molecule has 1 fully saturated rings. The Morgan fingerprint density at radius 1 is 0.875 bits per heavy atom. The first-order valence-corrected chi connectivity index (χ1v) is 11.1. The SMILES string of the molecule is CCCCCCC(C)CCN(C)C1CCN(CCCCCC)CC1. The minimum absolute atomic E-state index is 0.837. The maximum atomic E-state index is 2.70. The van der Waals surface area contributed by atoms with Gasteiger partial charge in [-0.1, -0.05) is 72.1 Å². The average Bonchev–Trinajstić information content (AvgIpc) is 2.61. The van der Waals surface area contributed by atoms with Gasteiger partial charge in [0.05, 0.1) is 0 Å². The third-order valence-corrected chi connectivity index (χ3v) is 6.03. The number of hydrogen-bond donors (Lipinski definition) is 0. The van der Waals surface area contributed by atoms with Gasteiger partial charge in [-0.3, -0.25) is 0 Å². The molecule has 0 bridgehead atoms. The van der Waals surface area contributed by atoms with Crippen LogP contribution < -0.4 is 0 Å².